The minimum atomic E-state index is -1.16. The number of Topliss-reactive ketones (excluding diaryl/α,β-unsaturated/α-hetero) is 2. The molecular weight excluding hydrogens is 835 g/mol. The van der Waals surface area contributed by atoms with Crippen molar-refractivity contribution >= 4 is 47.5 Å². The Kier molecular flexibility index (Phi) is 14.9. The van der Waals surface area contributed by atoms with Gasteiger partial charge < -0.3 is 40.8 Å². The Labute approximate surface area is 381 Å². The van der Waals surface area contributed by atoms with Gasteiger partial charge in [0.1, 0.15) is 17.7 Å². The van der Waals surface area contributed by atoms with Crippen LogP contribution in [0.2, 0.25) is 0 Å². The van der Waals surface area contributed by atoms with E-state index < -0.39 is 76.6 Å². The lowest BCUT2D eigenvalue weighted by Gasteiger charge is -2.37. The van der Waals surface area contributed by atoms with E-state index in [0.717, 1.165) is 56.1 Å². The molecule has 1 aromatic rings. The van der Waals surface area contributed by atoms with Gasteiger partial charge >= 0.3 is 6.09 Å². The highest BCUT2D eigenvalue weighted by Crippen LogP contribution is 2.42. The maximum absolute atomic E-state index is 14.6. The van der Waals surface area contributed by atoms with Gasteiger partial charge in [0, 0.05) is 49.1 Å². The van der Waals surface area contributed by atoms with Crippen molar-refractivity contribution in [3.05, 3.63) is 35.7 Å². The number of carbonyl (C=O) groups is 7. The molecule has 6 aliphatic rings. The molecule has 354 valence electrons. The zero-order chi connectivity index (χ0) is 46.5. The largest absolute Gasteiger partial charge is 0.454 e. The number of amides is 5. The Bertz CT molecular complexity index is 2060. The first-order valence-corrected chi connectivity index (χ1v) is 23.6. The van der Waals surface area contributed by atoms with Crippen LogP contribution in [0.3, 0.4) is 0 Å². The predicted molar refractivity (Wildman–Crippen MR) is 239 cm³/mol. The van der Waals surface area contributed by atoms with Gasteiger partial charge in [0.15, 0.2) is 17.3 Å². The minimum Gasteiger partial charge on any atom is -0.454 e. The topological polar surface area (TPSA) is 223 Å². The fourth-order valence-corrected chi connectivity index (χ4v) is 9.84. The number of nitrogens with one attached hydrogen (secondary N) is 5. The van der Waals surface area contributed by atoms with Gasteiger partial charge in [-0.25, -0.2) is 4.79 Å². The average molecular weight is 902 g/mol. The van der Waals surface area contributed by atoms with Gasteiger partial charge in [-0.2, -0.15) is 0 Å². The molecule has 7 rings (SSSR count). The van der Waals surface area contributed by atoms with Crippen LogP contribution in [0.15, 0.2) is 29.5 Å². The Hall–Kier alpha value is -5.48. The van der Waals surface area contributed by atoms with E-state index in [-0.39, 0.29) is 62.7 Å². The molecule has 3 aliphatic carbocycles. The number of rotatable bonds is 16. The number of fused-ring (bicyclic) bond motifs is 3. The number of benzene rings is 1. The van der Waals surface area contributed by atoms with Crippen LogP contribution >= 0.6 is 0 Å². The second-order valence-corrected chi connectivity index (χ2v) is 20.1. The molecule has 3 fully saturated rings. The first kappa shape index (κ1) is 47.5. The van der Waals surface area contributed by atoms with E-state index in [9.17, 15) is 33.6 Å². The number of aliphatic imine (C=N–C) groups is 1. The summed E-state index contributed by atoms with van der Waals surface area (Å²) in [5.41, 5.74) is -0.110. The zero-order valence-corrected chi connectivity index (χ0v) is 38.5. The number of ketones is 2. The Morgan fingerprint density at radius 2 is 1.71 bits per heavy atom. The van der Waals surface area contributed by atoms with Gasteiger partial charge in [-0.15, -0.1) is 0 Å². The fourth-order valence-electron chi connectivity index (χ4n) is 9.84. The van der Waals surface area contributed by atoms with Crippen molar-refractivity contribution in [2.45, 2.75) is 173 Å². The van der Waals surface area contributed by atoms with E-state index >= 15 is 0 Å². The quantitative estimate of drug-likeness (QED) is 0.114. The highest BCUT2D eigenvalue weighted by Gasteiger charge is 2.43. The lowest BCUT2D eigenvalue weighted by atomic mass is 9.79. The summed E-state index contributed by atoms with van der Waals surface area (Å²) in [6, 6.07) is 0.901. The summed E-state index contributed by atoms with van der Waals surface area (Å²) >= 11 is 0. The number of ether oxygens (including phenoxy) is 3. The molecule has 7 atom stereocenters. The van der Waals surface area contributed by atoms with Crippen LogP contribution in [0.4, 0.5) is 4.79 Å². The predicted octanol–water partition coefficient (Wildman–Crippen LogP) is 4.63. The maximum atomic E-state index is 14.6. The van der Waals surface area contributed by atoms with Gasteiger partial charge in [0.2, 0.25) is 24.4 Å². The molecule has 0 spiro atoms. The monoisotopic (exact) mass is 901 g/mol. The molecule has 3 saturated carbocycles. The number of hydrogen-bond donors (Lipinski definition) is 5. The average Bonchev–Trinajstić information content (AvgIpc) is 3.83. The Balaban J connectivity index is 1.07. The van der Waals surface area contributed by atoms with Crippen molar-refractivity contribution in [3.63, 3.8) is 0 Å². The Morgan fingerprint density at radius 1 is 0.938 bits per heavy atom. The summed E-state index contributed by atoms with van der Waals surface area (Å²) in [5, 5.41) is 14.7. The van der Waals surface area contributed by atoms with Gasteiger partial charge in [-0.1, -0.05) is 59.4 Å². The van der Waals surface area contributed by atoms with Crippen LogP contribution in [-0.4, -0.2) is 95.0 Å². The summed E-state index contributed by atoms with van der Waals surface area (Å²) in [7, 11) is 0. The SMILES string of the molecule is CCC[C@H](NC(=O)C1CCC(CC(=O)[C@@H](NC(=O)[C@@H](NC(=O)C2(C)C=NC=CN2)C2CCCCC2)C(C)(C)C)C[C@H](OC(=O)N2Cc3ccc4c(c3C2)OCO4)C1)C(=O)C(=O)NC1CC1. The first-order valence-electron chi connectivity index (χ1n) is 23.6. The zero-order valence-electron chi connectivity index (χ0n) is 38.5. The lowest BCUT2D eigenvalue weighted by Crippen LogP contribution is -2.63. The molecule has 3 aliphatic heterocycles. The van der Waals surface area contributed by atoms with Crippen molar-refractivity contribution < 1.29 is 47.8 Å². The Morgan fingerprint density at radius 3 is 2.40 bits per heavy atom. The molecule has 0 saturated heterocycles. The standard InChI is InChI=1S/C48H67N7O10/c1-6-10-35(39(57)44(60)51-32-16-17-32)52-42(58)30-14-13-28(21-33(23-30)65-46(62)55-24-31-15-18-37-40(34(31)25-55)64-27-63-37)22-36(56)41(47(2,3)4)54-43(59)38(29-11-8-7-9-12-29)53-45(61)48(5)26-49-19-20-50-48/h15,18-20,26,28-30,32-33,35,38,41,50H,6-14,16-17,21-25,27H2,1-5H3,(H,51,60)(H,52,58)(H,53,61)(H,54,59)/t28?,30?,33-,35-,38-,41+,48?/m0/s1. The minimum absolute atomic E-state index is 0.0161. The highest BCUT2D eigenvalue weighted by molar-refractivity contribution is 6.38. The van der Waals surface area contributed by atoms with Crippen LogP contribution in [-0.2, 0) is 46.6 Å². The van der Waals surface area contributed by atoms with Crippen LogP contribution in [0.5, 0.6) is 11.5 Å². The van der Waals surface area contributed by atoms with Crippen molar-refractivity contribution in [1.82, 2.24) is 31.5 Å². The van der Waals surface area contributed by atoms with Crippen LogP contribution in [0.1, 0.15) is 136 Å². The summed E-state index contributed by atoms with van der Waals surface area (Å²) in [5.74, 6) is -2.75. The number of carbonyl (C=O) groups excluding carboxylic acids is 7. The van der Waals surface area contributed by atoms with E-state index in [1.54, 1.807) is 24.2 Å². The molecule has 3 unspecified atom stereocenters. The summed E-state index contributed by atoms with van der Waals surface area (Å²) < 4.78 is 17.5. The molecule has 0 aromatic heterocycles. The third-order valence-electron chi connectivity index (χ3n) is 13.8. The highest BCUT2D eigenvalue weighted by atomic mass is 16.7. The van der Waals surface area contributed by atoms with Gasteiger partial charge in [0.25, 0.3) is 11.8 Å². The second kappa shape index (κ2) is 20.4. The van der Waals surface area contributed by atoms with Crippen LogP contribution < -0.4 is 36.1 Å². The molecular formula is C48H67N7O10. The fraction of sp³-hybridized carbons (Fsp3) is 0.667. The van der Waals surface area contributed by atoms with E-state index in [1.807, 2.05) is 39.8 Å². The van der Waals surface area contributed by atoms with Gasteiger partial charge in [-0.3, -0.25) is 38.7 Å². The van der Waals surface area contributed by atoms with Crippen molar-refractivity contribution in [3.8, 4) is 11.5 Å². The van der Waals surface area contributed by atoms with E-state index in [2.05, 4.69) is 31.6 Å². The van der Waals surface area contributed by atoms with Crippen molar-refractivity contribution in [2.75, 3.05) is 6.79 Å². The van der Waals surface area contributed by atoms with E-state index in [1.165, 1.54) is 6.21 Å². The lowest BCUT2D eigenvalue weighted by molar-refractivity contribution is -0.140. The second-order valence-electron chi connectivity index (χ2n) is 20.1. The molecule has 0 bridgehead atoms. The molecule has 5 amide bonds. The molecule has 5 N–H and O–H groups in total. The molecule has 1 aromatic carbocycles. The molecule has 0 radical (unpaired) electrons. The van der Waals surface area contributed by atoms with E-state index in [4.69, 9.17) is 14.2 Å². The molecule has 3 heterocycles. The van der Waals surface area contributed by atoms with E-state index in [0.29, 0.717) is 37.3 Å². The third kappa shape index (κ3) is 11.7. The van der Waals surface area contributed by atoms with Crippen LogP contribution in [0, 0.1) is 23.2 Å². The smallest absolute Gasteiger partial charge is 0.410 e. The molecule has 17 heteroatoms. The first-order chi connectivity index (χ1) is 31.0. The summed E-state index contributed by atoms with van der Waals surface area (Å²) in [6.07, 6.45) is 11.4. The summed E-state index contributed by atoms with van der Waals surface area (Å²) in [6.45, 7) is 9.86. The maximum Gasteiger partial charge on any atom is 0.410 e. The van der Waals surface area contributed by atoms with Crippen molar-refractivity contribution in [2.24, 2.45) is 28.2 Å². The number of nitrogens with zero attached hydrogens (tertiary/aromatic N) is 2. The summed E-state index contributed by atoms with van der Waals surface area (Å²) in [4.78, 5) is 102. The van der Waals surface area contributed by atoms with Gasteiger partial charge in [-0.05, 0) is 93.6 Å². The third-order valence-corrected chi connectivity index (χ3v) is 13.8. The molecule has 17 nitrogen and oxygen atoms in total. The van der Waals surface area contributed by atoms with Crippen molar-refractivity contribution in [1.29, 1.82) is 0 Å². The number of hydrogen-bond acceptors (Lipinski definition) is 12. The van der Waals surface area contributed by atoms with Gasteiger partial charge in [0.05, 0.1) is 18.6 Å². The molecule has 65 heavy (non-hydrogen) atoms. The normalized spacial score (nSPS) is 25.2. The van der Waals surface area contributed by atoms with Crippen LogP contribution in [0.25, 0.3) is 0 Å².